The number of nitrogens with one attached hydrogen (secondary N) is 1. The van der Waals surface area contributed by atoms with Crippen LogP contribution in [-0.2, 0) is 0 Å². The molecule has 1 aliphatic heterocycles. The maximum Gasteiger partial charge on any atom is 0.0483 e. The minimum absolute atomic E-state index is 0.757. The van der Waals surface area contributed by atoms with Gasteiger partial charge in [0.2, 0.25) is 0 Å². The van der Waals surface area contributed by atoms with Crippen molar-refractivity contribution in [3.63, 3.8) is 0 Å². The van der Waals surface area contributed by atoms with Gasteiger partial charge in [-0.2, -0.15) is 0 Å². The molecule has 0 aromatic heterocycles. The van der Waals surface area contributed by atoms with Gasteiger partial charge in [0.15, 0.2) is 0 Å². The van der Waals surface area contributed by atoms with Gasteiger partial charge in [0.25, 0.3) is 0 Å². The average Bonchev–Trinajstić information content (AvgIpc) is 2.05. The van der Waals surface area contributed by atoms with Crippen LogP contribution in [0.1, 0.15) is 26.7 Å². The van der Waals surface area contributed by atoms with Crippen LogP contribution >= 0.6 is 0 Å². The second-order valence-electron chi connectivity index (χ2n) is 3.08. The molecule has 0 bridgehead atoms. The third-order valence-corrected chi connectivity index (χ3v) is 2.33. The quantitative estimate of drug-likeness (QED) is 0.619. The van der Waals surface area contributed by atoms with Crippen molar-refractivity contribution < 1.29 is 0 Å². The molecule has 1 unspecified atom stereocenters. The summed E-state index contributed by atoms with van der Waals surface area (Å²) in [6.07, 6.45) is 2.58. The number of nitrogens with zero attached hydrogens (tertiary/aromatic N) is 1. The summed E-state index contributed by atoms with van der Waals surface area (Å²) in [4.78, 5) is 2.50. The molecule has 1 fully saturated rings. The Hall–Kier alpha value is -0.0800. The zero-order chi connectivity index (χ0) is 7.40. The van der Waals surface area contributed by atoms with Crippen LogP contribution in [0, 0.1) is 0 Å². The van der Waals surface area contributed by atoms with E-state index in [4.69, 9.17) is 0 Å². The minimum Gasteiger partial charge on any atom is -0.304 e. The first kappa shape index (κ1) is 8.02. The molecule has 0 amide bonds. The highest BCUT2D eigenvalue weighted by Crippen LogP contribution is 2.04. The summed E-state index contributed by atoms with van der Waals surface area (Å²) in [5.41, 5.74) is 0. The van der Waals surface area contributed by atoms with E-state index in [0.717, 1.165) is 12.7 Å². The monoisotopic (exact) mass is 142 g/mol. The molecule has 0 aromatic rings. The predicted molar refractivity (Wildman–Crippen MR) is 43.9 cm³/mol. The van der Waals surface area contributed by atoms with Gasteiger partial charge in [-0.05, 0) is 26.3 Å². The van der Waals surface area contributed by atoms with Gasteiger partial charge in [-0.3, -0.25) is 4.90 Å². The topological polar surface area (TPSA) is 15.3 Å². The molecule has 1 N–H and O–H groups in total. The highest BCUT2D eigenvalue weighted by Gasteiger charge is 2.13. The van der Waals surface area contributed by atoms with E-state index in [2.05, 4.69) is 24.1 Å². The van der Waals surface area contributed by atoms with Gasteiger partial charge in [-0.1, -0.05) is 6.92 Å². The van der Waals surface area contributed by atoms with Crippen molar-refractivity contribution in [2.45, 2.75) is 32.7 Å². The van der Waals surface area contributed by atoms with Gasteiger partial charge in [-0.25, -0.2) is 0 Å². The smallest absolute Gasteiger partial charge is 0.0483 e. The molecule has 0 aromatic carbocycles. The molecule has 2 heteroatoms. The van der Waals surface area contributed by atoms with Gasteiger partial charge in [0.05, 0.1) is 0 Å². The molecule has 10 heavy (non-hydrogen) atoms. The second-order valence-corrected chi connectivity index (χ2v) is 3.08. The van der Waals surface area contributed by atoms with E-state index in [9.17, 15) is 0 Å². The Morgan fingerprint density at radius 3 is 2.90 bits per heavy atom. The Morgan fingerprint density at radius 1 is 1.60 bits per heavy atom. The SMILES string of the molecule is CCC(C)N1CCCNC1. The fraction of sp³-hybridized carbons (Fsp3) is 1.00. The van der Waals surface area contributed by atoms with E-state index in [1.54, 1.807) is 0 Å². The summed E-state index contributed by atoms with van der Waals surface area (Å²) in [6.45, 7) is 8.12. The summed E-state index contributed by atoms with van der Waals surface area (Å²) in [6, 6.07) is 0.757. The molecule has 0 aliphatic carbocycles. The lowest BCUT2D eigenvalue weighted by atomic mass is 10.2. The second kappa shape index (κ2) is 3.94. The van der Waals surface area contributed by atoms with E-state index >= 15 is 0 Å². The first-order chi connectivity index (χ1) is 4.84. The Morgan fingerprint density at radius 2 is 2.40 bits per heavy atom. The molecule has 0 spiro atoms. The fourth-order valence-electron chi connectivity index (χ4n) is 1.34. The van der Waals surface area contributed by atoms with Crippen molar-refractivity contribution in [1.82, 2.24) is 10.2 Å². The van der Waals surface area contributed by atoms with Crippen molar-refractivity contribution >= 4 is 0 Å². The van der Waals surface area contributed by atoms with Gasteiger partial charge >= 0.3 is 0 Å². The van der Waals surface area contributed by atoms with E-state index in [0.29, 0.717) is 0 Å². The molecular weight excluding hydrogens is 124 g/mol. The molecule has 1 aliphatic rings. The summed E-state index contributed by atoms with van der Waals surface area (Å²) in [5, 5.41) is 3.38. The van der Waals surface area contributed by atoms with Crippen LogP contribution in [0.4, 0.5) is 0 Å². The number of hydrogen-bond donors (Lipinski definition) is 1. The maximum atomic E-state index is 3.38. The molecule has 1 heterocycles. The summed E-state index contributed by atoms with van der Waals surface area (Å²) in [5.74, 6) is 0. The molecule has 0 radical (unpaired) electrons. The summed E-state index contributed by atoms with van der Waals surface area (Å²) in [7, 11) is 0. The van der Waals surface area contributed by atoms with Gasteiger partial charge < -0.3 is 5.32 Å². The van der Waals surface area contributed by atoms with Crippen LogP contribution in [0.2, 0.25) is 0 Å². The third-order valence-electron chi connectivity index (χ3n) is 2.33. The fourth-order valence-corrected chi connectivity index (χ4v) is 1.34. The maximum absolute atomic E-state index is 3.38. The Labute approximate surface area is 63.6 Å². The third kappa shape index (κ3) is 1.96. The minimum atomic E-state index is 0.757. The van der Waals surface area contributed by atoms with Crippen LogP contribution in [0.25, 0.3) is 0 Å². The molecule has 60 valence electrons. The lowest BCUT2D eigenvalue weighted by molar-refractivity contribution is 0.159. The van der Waals surface area contributed by atoms with Gasteiger partial charge in [0.1, 0.15) is 0 Å². The lowest BCUT2D eigenvalue weighted by Gasteiger charge is -2.32. The first-order valence-corrected chi connectivity index (χ1v) is 4.29. The van der Waals surface area contributed by atoms with Crippen LogP contribution in [0.5, 0.6) is 0 Å². The largest absolute Gasteiger partial charge is 0.304 e. The Bertz CT molecular complexity index is 87.3. The molecule has 1 rings (SSSR count). The highest BCUT2D eigenvalue weighted by atomic mass is 15.3. The molecule has 1 atom stereocenters. The normalized spacial score (nSPS) is 24.6. The molecule has 1 saturated heterocycles. The zero-order valence-corrected chi connectivity index (χ0v) is 7.06. The van der Waals surface area contributed by atoms with E-state index < -0.39 is 0 Å². The van der Waals surface area contributed by atoms with Crippen LogP contribution in [0.3, 0.4) is 0 Å². The molecule has 0 saturated carbocycles. The first-order valence-electron chi connectivity index (χ1n) is 4.29. The number of rotatable bonds is 2. The highest BCUT2D eigenvalue weighted by molar-refractivity contribution is 4.69. The van der Waals surface area contributed by atoms with E-state index in [-0.39, 0.29) is 0 Å². The van der Waals surface area contributed by atoms with Gasteiger partial charge in [0, 0.05) is 19.3 Å². The average molecular weight is 142 g/mol. The molecular formula is C8H18N2. The molecule has 2 nitrogen and oxygen atoms in total. The zero-order valence-electron chi connectivity index (χ0n) is 7.06. The van der Waals surface area contributed by atoms with E-state index in [1.165, 1.54) is 25.9 Å². The van der Waals surface area contributed by atoms with Crippen molar-refractivity contribution in [2.24, 2.45) is 0 Å². The van der Waals surface area contributed by atoms with E-state index in [1.807, 2.05) is 0 Å². The lowest BCUT2D eigenvalue weighted by Crippen LogP contribution is -2.45. The summed E-state index contributed by atoms with van der Waals surface area (Å²) < 4.78 is 0. The standard InChI is InChI=1S/C8H18N2/c1-3-8(2)10-6-4-5-9-7-10/h8-9H,3-7H2,1-2H3. The van der Waals surface area contributed by atoms with Crippen LogP contribution in [0.15, 0.2) is 0 Å². The van der Waals surface area contributed by atoms with Crippen molar-refractivity contribution in [1.29, 1.82) is 0 Å². The predicted octanol–water partition coefficient (Wildman–Crippen LogP) is 1.04. The van der Waals surface area contributed by atoms with Crippen LogP contribution < -0.4 is 5.32 Å². The summed E-state index contributed by atoms with van der Waals surface area (Å²) >= 11 is 0. The Kier molecular flexibility index (Phi) is 3.16. The van der Waals surface area contributed by atoms with Gasteiger partial charge in [-0.15, -0.1) is 0 Å². The number of hydrogen-bond acceptors (Lipinski definition) is 2. The Balaban J connectivity index is 2.24. The van der Waals surface area contributed by atoms with Crippen molar-refractivity contribution in [2.75, 3.05) is 19.8 Å². The van der Waals surface area contributed by atoms with Crippen molar-refractivity contribution in [3.8, 4) is 0 Å². The van der Waals surface area contributed by atoms with Crippen LogP contribution in [-0.4, -0.2) is 30.7 Å². The van der Waals surface area contributed by atoms with Crippen molar-refractivity contribution in [3.05, 3.63) is 0 Å².